The number of carbonyl (C=O) groups excluding carboxylic acids is 1. The fourth-order valence-electron chi connectivity index (χ4n) is 2.69. The van der Waals surface area contributed by atoms with Gasteiger partial charge in [-0.2, -0.15) is 4.99 Å². The Kier molecular flexibility index (Phi) is 5.11. The summed E-state index contributed by atoms with van der Waals surface area (Å²) < 4.78 is 10.6. The van der Waals surface area contributed by atoms with Gasteiger partial charge in [0, 0.05) is 11.6 Å². The van der Waals surface area contributed by atoms with Gasteiger partial charge in [0.15, 0.2) is 5.17 Å². The van der Waals surface area contributed by atoms with Crippen molar-refractivity contribution < 1.29 is 19.2 Å². The predicted molar refractivity (Wildman–Crippen MR) is 95.7 cm³/mol. The lowest BCUT2D eigenvalue weighted by Gasteiger charge is -2.30. The number of nitrogens with one attached hydrogen (secondary N) is 1. The highest BCUT2D eigenvalue weighted by atomic mass is 32.2. The van der Waals surface area contributed by atoms with E-state index < -0.39 is 0 Å². The molecule has 0 aliphatic carbocycles. The van der Waals surface area contributed by atoms with Crippen LogP contribution in [0.3, 0.4) is 0 Å². The first-order valence-corrected chi connectivity index (χ1v) is 8.73. The maximum absolute atomic E-state index is 12.2. The van der Waals surface area contributed by atoms with Crippen LogP contribution >= 0.6 is 11.8 Å². The molecule has 2 heterocycles. The molecular formula is C17H22N3O3S+. The lowest BCUT2D eigenvalue weighted by Crippen LogP contribution is -3.12. The molecule has 0 spiro atoms. The van der Waals surface area contributed by atoms with Crippen molar-refractivity contribution in [2.24, 2.45) is 4.99 Å². The Morgan fingerprint density at radius 2 is 2.00 bits per heavy atom. The van der Waals surface area contributed by atoms with E-state index in [2.05, 4.69) is 16.9 Å². The molecule has 0 aromatic heterocycles. The zero-order valence-electron chi connectivity index (χ0n) is 14.2. The first-order valence-electron chi connectivity index (χ1n) is 7.91. The molecule has 1 saturated heterocycles. The average Bonchev–Trinajstić information content (AvgIpc) is 2.96. The van der Waals surface area contributed by atoms with Gasteiger partial charge in [-0.25, -0.2) is 0 Å². The number of hydrogen-bond acceptors (Lipinski definition) is 5. The van der Waals surface area contributed by atoms with Crippen LogP contribution in [0.2, 0.25) is 0 Å². The van der Waals surface area contributed by atoms with Crippen molar-refractivity contribution in [3.8, 4) is 11.5 Å². The Bertz CT molecular complexity index is 694. The third kappa shape index (κ3) is 3.57. The minimum atomic E-state index is -0.181. The van der Waals surface area contributed by atoms with Gasteiger partial charge in [0.1, 0.15) is 11.5 Å². The molecule has 0 bridgehead atoms. The molecule has 24 heavy (non-hydrogen) atoms. The third-order valence-electron chi connectivity index (χ3n) is 4.22. The van der Waals surface area contributed by atoms with E-state index in [1.165, 1.54) is 16.7 Å². The molecule has 1 N–H and O–H groups in total. The molecule has 1 aromatic rings. The van der Waals surface area contributed by atoms with Gasteiger partial charge in [0.2, 0.25) is 0 Å². The van der Waals surface area contributed by atoms with Gasteiger partial charge in [-0.1, -0.05) is 0 Å². The highest BCUT2D eigenvalue weighted by molar-refractivity contribution is 8.18. The van der Waals surface area contributed by atoms with Gasteiger partial charge < -0.3 is 19.3 Å². The number of likely N-dealkylation sites (N-methyl/N-ethyl adjacent to an activating group) is 1. The summed E-state index contributed by atoms with van der Waals surface area (Å²) in [5.41, 5.74) is 0.841. The molecule has 1 amide bonds. The zero-order valence-corrected chi connectivity index (χ0v) is 15.0. The number of benzene rings is 1. The van der Waals surface area contributed by atoms with Crippen molar-refractivity contribution in [3.63, 3.8) is 0 Å². The summed E-state index contributed by atoms with van der Waals surface area (Å²) >= 11 is 1.44. The Labute approximate surface area is 146 Å². The molecule has 0 atom stereocenters. The van der Waals surface area contributed by atoms with Crippen molar-refractivity contribution in [1.29, 1.82) is 0 Å². The smallest absolute Gasteiger partial charge is 0.286 e. The Morgan fingerprint density at radius 3 is 2.67 bits per heavy atom. The highest BCUT2D eigenvalue weighted by Gasteiger charge is 2.29. The number of thioether (sulfide) groups is 1. The lowest BCUT2D eigenvalue weighted by molar-refractivity contribution is -0.883. The standard InChI is InChI=1S/C17H21N3O3S/c1-19-6-8-20(9-7-19)17-18-16(21)15(24-17)10-12-4-5-13(22-2)11-14(12)23-3/h4-5,10-11H,6-9H2,1-3H3/p+1. The predicted octanol–water partition coefficient (Wildman–Crippen LogP) is 0.504. The van der Waals surface area contributed by atoms with Gasteiger partial charge in [0.05, 0.1) is 52.4 Å². The fraction of sp³-hybridized carbons (Fsp3) is 0.412. The normalized spacial score (nSPS) is 20.5. The van der Waals surface area contributed by atoms with Gasteiger partial charge in [-0.3, -0.25) is 4.79 Å². The number of amidine groups is 1. The summed E-state index contributed by atoms with van der Waals surface area (Å²) in [6, 6.07) is 5.54. The molecule has 6 nitrogen and oxygen atoms in total. The van der Waals surface area contributed by atoms with Crippen LogP contribution in [-0.2, 0) is 4.79 Å². The summed E-state index contributed by atoms with van der Waals surface area (Å²) in [5, 5.41) is 0.811. The van der Waals surface area contributed by atoms with Gasteiger partial charge >= 0.3 is 0 Å². The van der Waals surface area contributed by atoms with E-state index in [4.69, 9.17) is 9.47 Å². The zero-order chi connectivity index (χ0) is 17.1. The van der Waals surface area contributed by atoms with E-state index in [0.717, 1.165) is 42.7 Å². The second-order valence-electron chi connectivity index (χ2n) is 5.86. The summed E-state index contributed by atoms with van der Waals surface area (Å²) in [7, 11) is 5.41. The van der Waals surface area contributed by atoms with Crippen LogP contribution in [0.5, 0.6) is 11.5 Å². The Hall–Kier alpha value is -1.99. The topological polar surface area (TPSA) is 55.6 Å². The first-order chi connectivity index (χ1) is 11.6. The molecule has 128 valence electrons. The van der Waals surface area contributed by atoms with Crippen molar-refractivity contribution in [3.05, 3.63) is 28.7 Å². The number of methoxy groups -OCH3 is 2. The number of amides is 1. The van der Waals surface area contributed by atoms with E-state index in [1.807, 2.05) is 24.3 Å². The molecule has 0 radical (unpaired) electrons. The monoisotopic (exact) mass is 348 g/mol. The van der Waals surface area contributed by atoms with Crippen molar-refractivity contribution in [2.75, 3.05) is 47.4 Å². The van der Waals surface area contributed by atoms with E-state index in [1.54, 1.807) is 14.2 Å². The number of piperazine rings is 1. The maximum Gasteiger partial charge on any atom is 0.286 e. The molecule has 3 rings (SSSR count). The quantitative estimate of drug-likeness (QED) is 0.807. The van der Waals surface area contributed by atoms with Crippen molar-refractivity contribution >= 4 is 28.9 Å². The van der Waals surface area contributed by atoms with Crippen molar-refractivity contribution in [2.45, 2.75) is 0 Å². The Morgan fingerprint density at radius 1 is 1.25 bits per heavy atom. The maximum atomic E-state index is 12.2. The average molecular weight is 348 g/mol. The summed E-state index contributed by atoms with van der Waals surface area (Å²) in [6.07, 6.45) is 1.84. The second-order valence-corrected chi connectivity index (χ2v) is 6.87. The lowest BCUT2D eigenvalue weighted by atomic mass is 10.1. The molecule has 2 aliphatic rings. The molecule has 2 aliphatic heterocycles. The first kappa shape index (κ1) is 16.9. The SMILES string of the molecule is COc1ccc(C=C2SC(N3CC[NH+](C)CC3)=NC2=O)c(OC)c1. The third-order valence-corrected chi connectivity index (χ3v) is 5.27. The number of aliphatic imine (C=N–C) groups is 1. The van der Waals surface area contributed by atoms with Crippen molar-refractivity contribution in [1.82, 2.24) is 4.90 Å². The number of nitrogens with zero attached hydrogens (tertiary/aromatic N) is 2. The van der Waals surface area contributed by atoms with Crippen LogP contribution in [0.15, 0.2) is 28.1 Å². The van der Waals surface area contributed by atoms with Crippen LogP contribution in [0.1, 0.15) is 5.56 Å². The van der Waals surface area contributed by atoms with E-state index in [0.29, 0.717) is 10.7 Å². The van der Waals surface area contributed by atoms with Crippen LogP contribution < -0.4 is 14.4 Å². The molecule has 1 fully saturated rings. The molecule has 7 heteroatoms. The summed E-state index contributed by atoms with van der Waals surface area (Å²) in [6.45, 7) is 4.01. The number of hydrogen-bond donors (Lipinski definition) is 1. The van der Waals surface area contributed by atoms with Crippen LogP contribution in [-0.4, -0.2) is 63.4 Å². The van der Waals surface area contributed by atoms with Crippen LogP contribution in [0.25, 0.3) is 6.08 Å². The van der Waals surface area contributed by atoms with Crippen LogP contribution in [0, 0.1) is 0 Å². The molecular weight excluding hydrogens is 326 g/mol. The number of ether oxygens (including phenoxy) is 2. The van der Waals surface area contributed by atoms with Gasteiger partial charge in [-0.05, 0) is 30.0 Å². The summed E-state index contributed by atoms with van der Waals surface area (Å²) in [4.78, 5) is 20.8. The summed E-state index contributed by atoms with van der Waals surface area (Å²) in [5.74, 6) is 1.21. The molecule has 0 saturated carbocycles. The minimum Gasteiger partial charge on any atom is -0.497 e. The molecule has 0 unspecified atom stereocenters. The Balaban J connectivity index is 1.77. The van der Waals surface area contributed by atoms with Gasteiger partial charge in [-0.15, -0.1) is 0 Å². The number of carbonyl (C=O) groups is 1. The van der Waals surface area contributed by atoms with Crippen LogP contribution in [0.4, 0.5) is 0 Å². The van der Waals surface area contributed by atoms with E-state index in [9.17, 15) is 4.79 Å². The van der Waals surface area contributed by atoms with Gasteiger partial charge in [0.25, 0.3) is 5.91 Å². The highest BCUT2D eigenvalue weighted by Crippen LogP contribution is 2.33. The van der Waals surface area contributed by atoms with E-state index in [-0.39, 0.29) is 5.91 Å². The number of rotatable bonds is 3. The molecule has 1 aromatic carbocycles. The minimum absolute atomic E-state index is 0.181. The fourth-order valence-corrected chi connectivity index (χ4v) is 3.65. The largest absolute Gasteiger partial charge is 0.497 e. The van der Waals surface area contributed by atoms with E-state index >= 15 is 0 Å². The number of quaternary nitrogens is 1. The second kappa shape index (κ2) is 7.27.